The third-order valence-corrected chi connectivity index (χ3v) is 3.64. The van der Waals surface area contributed by atoms with Crippen LogP contribution >= 0.6 is 0 Å². The van der Waals surface area contributed by atoms with Gasteiger partial charge in [0.05, 0.1) is 0 Å². The Bertz CT molecular complexity index is 788. The van der Waals surface area contributed by atoms with Gasteiger partial charge in [0.15, 0.2) is 11.6 Å². The predicted molar refractivity (Wildman–Crippen MR) is 81.5 cm³/mol. The Kier molecular flexibility index (Phi) is 2.87. The van der Waals surface area contributed by atoms with E-state index in [4.69, 9.17) is 0 Å². The second-order valence-electron chi connectivity index (χ2n) is 5.02. The number of benzene rings is 3. The van der Waals surface area contributed by atoms with E-state index in [1.807, 2.05) is 36.4 Å². The predicted octanol–water partition coefficient (Wildman–Crippen LogP) is 4.40. The first-order valence-electron chi connectivity index (χ1n) is 6.55. The summed E-state index contributed by atoms with van der Waals surface area (Å²) in [6.45, 7) is 3.11. The lowest BCUT2D eigenvalue weighted by atomic mass is 9.93. The molecule has 0 heterocycles. The van der Waals surface area contributed by atoms with Gasteiger partial charge >= 0.3 is 0 Å². The standard InChI is InChI=1S/C18H14O2/c1-11(19)15-7-8-16(12(2)20)18-10-14-6-4-3-5-13(14)9-17(15)18/h3-10H,1-2H3. The lowest BCUT2D eigenvalue weighted by Gasteiger charge is -2.09. The number of rotatable bonds is 2. The third kappa shape index (κ3) is 1.90. The van der Waals surface area contributed by atoms with Crippen molar-refractivity contribution >= 4 is 33.1 Å². The zero-order chi connectivity index (χ0) is 14.3. The van der Waals surface area contributed by atoms with E-state index < -0.39 is 0 Å². The van der Waals surface area contributed by atoms with Crippen molar-refractivity contribution in [2.45, 2.75) is 13.8 Å². The van der Waals surface area contributed by atoms with Crippen molar-refractivity contribution < 1.29 is 9.59 Å². The van der Waals surface area contributed by atoms with Gasteiger partial charge in [-0.1, -0.05) is 36.4 Å². The van der Waals surface area contributed by atoms with Gasteiger partial charge in [0.1, 0.15) is 0 Å². The second-order valence-corrected chi connectivity index (χ2v) is 5.02. The average Bonchev–Trinajstić information content (AvgIpc) is 2.43. The molecule has 0 unspecified atom stereocenters. The first-order chi connectivity index (χ1) is 9.58. The Balaban J connectivity index is 2.52. The molecule has 3 aromatic carbocycles. The monoisotopic (exact) mass is 262 g/mol. The van der Waals surface area contributed by atoms with Crippen LogP contribution < -0.4 is 0 Å². The van der Waals surface area contributed by atoms with Crippen LogP contribution in [-0.2, 0) is 0 Å². The van der Waals surface area contributed by atoms with Crippen LogP contribution in [0.25, 0.3) is 21.5 Å². The quantitative estimate of drug-likeness (QED) is 0.506. The van der Waals surface area contributed by atoms with Crippen molar-refractivity contribution in [2.24, 2.45) is 0 Å². The highest BCUT2D eigenvalue weighted by Crippen LogP contribution is 2.29. The highest BCUT2D eigenvalue weighted by molar-refractivity contribution is 6.17. The maximum atomic E-state index is 11.8. The molecule has 0 bridgehead atoms. The van der Waals surface area contributed by atoms with E-state index in [0.717, 1.165) is 21.5 Å². The molecule has 20 heavy (non-hydrogen) atoms. The van der Waals surface area contributed by atoms with Gasteiger partial charge in [0, 0.05) is 11.1 Å². The van der Waals surface area contributed by atoms with Crippen molar-refractivity contribution in [3.8, 4) is 0 Å². The van der Waals surface area contributed by atoms with E-state index in [9.17, 15) is 9.59 Å². The van der Waals surface area contributed by atoms with Gasteiger partial charge in [0.25, 0.3) is 0 Å². The highest BCUT2D eigenvalue weighted by atomic mass is 16.1. The fourth-order valence-electron chi connectivity index (χ4n) is 2.65. The minimum absolute atomic E-state index is 0.0142. The number of Topliss-reactive ketones (excluding diaryl/α,β-unsaturated/α-hetero) is 2. The summed E-state index contributed by atoms with van der Waals surface area (Å²) in [7, 11) is 0. The lowest BCUT2D eigenvalue weighted by Crippen LogP contribution is -1.99. The molecule has 0 radical (unpaired) electrons. The van der Waals surface area contributed by atoms with Crippen LogP contribution in [0.1, 0.15) is 34.6 Å². The number of ketones is 2. The Morgan fingerprint density at radius 1 is 0.700 bits per heavy atom. The number of carbonyl (C=O) groups excluding carboxylic acids is 2. The van der Waals surface area contributed by atoms with Gasteiger partial charge in [-0.25, -0.2) is 0 Å². The average molecular weight is 262 g/mol. The summed E-state index contributed by atoms with van der Waals surface area (Å²) in [6, 6.07) is 15.4. The van der Waals surface area contributed by atoms with Gasteiger partial charge in [-0.2, -0.15) is 0 Å². The third-order valence-electron chi connectivity index (χ3n) is 3.64. The Morgan fingerprint density at radius 2 is 1.10 bits per heavy atom. The van der Waals surface area contributed by atoms with E-state index in [2.05, 4.69) is 0 Å². The summed E-state index contributed by atoms with van der Waals surface area (Å²) in [5.41, 5.74) is 1.33. The largest absolute Gasteiger partial charge is 0.294 e. The minimum Gasteiger partial charge on any atom is -0.294 e. The summed E-state index contributed by atoms with van der Waals surface area (Å²) in [5, 5.41) is 3.85. The molecule has 0 amide bonds. The summed E-state index contributed by atoms with van der Waals surface area (Å²) >= 11 is 0. The van der Waals surface area contributed by atoms with Crippen molar-refractivity contribution in [3.05, 3.63) is 59.7 Å². The first-order valence-corrected chi connectivity index (χ1v) is 6.55. The molecule has 3 rings (SSSR count). The van der Waals surface area contributed by atoms with Gasteiger partial charge in [0.2, 0.25) is 0 Å². The number of hydrogen-bond acceptors (Lipinski definition) is 2. The Hall–Kier alpha value is -2.48. The number of fused-ring (bicyclic) bond motifs is 2. The summed E-state index contributed by atoms with van der Waals surface area (Å²) in [4.78, 5) is 23.6. The van der Waals surface area contributed by atoms with Gasteiger partial charge in [-0.3, -0.25) is 9.59 Å². The molecule has 98 valence electrons. The molecule has 0 fully saturated rings. The van der Waals surface area contributed by atoms with E-state index in [1.54, 1.807) is 26.0 Å². The van der Waals surface area contributed by atoms with Crippen molar-refractivity contribution in [1.82, 2.24) is 0 Å². The van der Waals surface area contributed by atoms with Crippen LogP contribution in [0.2, 0.25) is 0 Å². The molecular weight excluding hydrogens is 248 g/mol. The Labute approximate surface area is 117 Å². The van der Waals surface area contributed by atoms with Crippen LogP contribution in [0.15, 0.2) is 48.5 Å². The molecule has 0 saturated heterocycles. The summed E-state index contributed by atoms with van der Waals surface area (Å²) < 4.78 is 0. The van der Waals surface area contributed by atoms with Crippen molar-refractivity contribution in [3.63, 3.8) is 0 Å². The number of carbonyl (C=O) groups is 2. The van der Waals surface area contributed by atoms with Gasteiger partial charge in [-0.05, 0) is 47.5 Å². The molecule has 3 aromatic rings. The fraction of sp³-hybridized carbons (Fsp3) is 0.111. The van der Waals surface area contributed by atoms with Crippen LogP contribution in [0.5, 0.6) is 0 Å². The molecule has 2 heteroatoms. The van der Waals surface area contributed by atoms with E-state index >= 15 is 0 Å². The minimum atomic E-state index is 0.0142. The maximum Gasteiger partial charge on any atom is 0.160 e. The zero-order valence-corrected chi connectivity index (χ0v) is 11.4. The Morgan fingerprint density at radius 3 is 1.45 bits per heavy atom. The molecule has 0 N–H and O–H groups in total. The van der Waals surface area contributed by atoms with E-state index in [-0.39, 0.29) is 11.6 Å². The maximum absolute atomic E-state index is 11.8. The van der Waals surface area contributed by atoms with Crippen LogP contribution in [0, 0.1) is 0 Å². The molecular formula is C18H14O2. The molecule has 0 aliphatic carbocycles. The molecule has 2 nitrogen and oxygen atoms in total. The SMILES string of the molecule is CC(=O)c1ccc(C(C)=O)c2cc3ccccc3cc12. The van der Waals surface area contributed by atoms with Crippen molar-refractivity contribution in [2.75, 3.05) is 0 Å². The topological polar surface area (TPSA) is 34.1 Å². The summed E-state index contributed by atoms with van der Waals surface area (Å²) in [6.07, 6.45) is 0. The second kappa shape index (κ2) is 4.57. The fourth-order valence-corrected chi connectivity index (χ4v) is 2.65. The van der Waals surface area contributed by atoms with E-state index in [1.165, 1.54) is 0 Å². The summed E-state index contributed by atoms with van der Waals surface area (Å²) in [5.74, 6) is 0.0285. The molecule has 0 atom stereocenters. The van der Waals surface area contributed by atoms with E-state index in [0.29, 0.717) is 11.1 Å². The van der Waals surface area contributed by atoms with Gasteiger partial charge < -0.3 is 0 Å². The molecule has 0 spiro atoms. The smallest absolute Gasteiger partial charge is 0.160 e. The van der Waals surface area contributed by atoms with Gasteiger partial charge in [-0.15, -0.1) is 0 Å². The molecule has 0 saturated carbocycles. The zero-order valence-electron chi connectivity index (χ0n) is 11.4. The molecule has 0 aliphatic heterocycles. The van der Waals surface area contributed by atoms with Crippen LogP contribution in [0.3, 0.4) is 0 Å². The lowest BCUT2D eigenvalue weighted by molar-refractivity contribution is 0.100. The van der Waals surface area contributed by atoms with Crippen LogP contribution in [-0.4, -0.2) is 11.6 Å². The van der Waals surface area contributed by atoms with Crippen molar-refractivity contribution in [1.29, 1.82) is 0 Å². The first kappa shape index (κ1) is 12.5. The highest BCUT2D eigenvalue weighted by Gasteiger charge is 2.12. The molecule has 0 aromatic heterocycles. The number of hydrogen-bond donors (Lipinski definition) is 0. The van der Waals surface area contributed by atoms with Crippen LogP contribution in [0.4, 0.5) is 0 Å². The normalized spacial score (nSPS) is 10.9. The molecule has 0 aliphatic rings.